The van der Waals surface area contributed by atoms with E-state index in [1.807, 2.05) is 6.07 Å². The lowest BCUT2D eigenvalue weighted by molar-refractivity contribution is -0.140. The normalized spacial score (nSPS) is 16.8. The summed E-state index contributed by atoms with van der Waals surface area (Å²) >= 11 is 6.69. The Kier molecular flexibility index (Phi) is 6.25. The number of hydrogen-bond acceptors (Lipinski definition) is 4. The molecule has 8 heteroatoms. The Morgan fingerprint density at radius 3 is 2.31 bits per heavy atom. The largest absolute Gasteiger partial charge is 0.434 e. The molecule has 0 spiro atoms. The molecule has 1 saturated heterocycles. The lowest BCUT2D eigenvalue weighted by Gasteiger charge is -2.39. The van der Waals surface area contributed by atoms with Gasteiger partial charge < -0.3 is 10.4 Å². The van der Waals surface area contributed by atoms with E-state index < -0.39 is 17.5 Å². The quantitative estimate of drug-likeness (QED) is 0.352. The van der Waals surface area contributed by atoms with Crippen molar-refractivity contribution in [3.05, 3.63) is 94.9 Å². The fourth-order valence-corrected chi connectivity index (χ4v) is 5.31. The summed E-state index contributed by atoms with van der Waals surface area (Å²) in [6.45, 7) is 1.51. The third kappa shape index (κ3) is 4.29. The molecule has 2 N–H and O–H groups in total. The van der Waals surface area contributed by atoms with Crippen molar-refractivity contribution in [2.24, 2.45) is 5.92 Å². The SMILES string of the molecule is OC(c1ccc2nc(C(F)(F)F)c(-c3ccccc3)c(Cl)c2c1)(c1ccccn1)C1CCNCC1. The summed E-state index contributed by atoms with van der Waals surface area (Å²) in [5.41, 5.74) is -1.19. The van der Waals surface area contributed by atoms with Gasteiger partial charge in [-0.25, -0.2) is 4.98 Å². The van der Waals surface area contributed by atoms with Gasteiger partial charge in [0.1, 0.15) is 5.60 Å². The van der Waals surface area contributed by atoms with E-state index in [0.29, 0.717) is 22.2 Å². The molecular weight excluding hydrogens is 475 g/mol. The Morgan fingerprint density at radius 2 is 1.66 bits per heavy atom. The number of piperidine rings is 1. The van der Waals surface area contributed by atoms with Crippen molar-refractivity contribution in [2.75, 3.05) is 13.1 Å². The van der Waals surface area contributed by atoms with Crippen molar-refractivity contribution in [1.29, 1.82) is 0 Å². The highest BCUT2D eigenvalue weighted by Crippen LogP contribution is 2.45. The van der Waals surface area contributed by atoms with Gasteiger partial charge in [0.25, 0.3) is 0 Å². The molecule has 2 aromatic heterocycles. The van der Waals surface area contributed by atoms with Crippen LogP contribution in [0.4, 0.5) is 13.2 Å². The number of rotatable bonds is 4. The molecule has 1 aliphatic rings. The molecule has 0 radical (unpaired) electrons. The molecule has 35 heavy (non-hydrogen) atoms. The molecule has 3 heterocycles. The van der Waals surface area contributed by atoms with E-state index in [1.54, 1.807) is 60.8 Å². The molecule has 5 rings (SSSR count). The first-order valence-electron chi connectivity index (χ1n) is 11.4. The zero-order chi connectivity index (χ0) is 24.6. The average Bonchev–Trinajstić information content (AvgIpc) is 2.89. The molecule has 4 aromatic rings. The molecule has 2 aromatic carbocycles. The number of pyridine rings is 2. The van der Waals surface area contributed by atoms with Crippen LogP contribution in [-0.4, -0.2) is 28.2 Å². The Morgan fingerprint density at radius 1 is 0.943 bits per heavy atom. The number of aromatic nitrogens is 2. The summed E-state index contributed by atoms with van der Waals surface area (Å²) in [7, 11) is 0. The highest BCUT2D eigenvalue weighted by Gasteiger charge is 2.43. The summed E-state index contributed by atoms with van der Waals surface area (Å²) in [5.74, 6) is -0.133. The van der Waals surface area contributed by atoms with Crippen LogP contribution >= 0.6 is 11.6 Å². The Hall–Kier alpha value is -3.00. The zero-order valence-electron chi connectivity index (χ0n) is 18.7. The van der Waals surface area contributed by atoms with Gasteiger partial charge in [-0.15, -0.1) is 0 Å². The number of nitrogens with one attached hydrogen (secondary N) is 1. The van der Waals surface area contributed by atoms with Crippen LogP contribution in [0.1, 0.15) is 29.8 Å². The topological polar surface area (TPSA) is 58.0 Å². The minimum Gasteiger partial charge on any atom is -0.378 e. The highest BCUT2D eigenvalue weighted by atomic mass is 35.5. The van der Waals surface area contributed by atoms with Crippen molar-refractivity contribution in [3.8, 4) is 11.1 Å². The molecule has 0 saturated carbocycles. The van der Waals surface area contributed by atoms with E-state index >= 15 is 0 Å². The van der Waals surface area contributed by atoms with Gasteiger partial charge >= 0.3 is 6.18 Å². The van der Waals surface area contributed by atoms with Crippen LogP contribution in [0.5, 0.6) is 0 Å². The summed E-state index contributed by atoms with van der Waals surface area (Å²) in [6.07, 6.45) is -1.62. The maximum Gasteiger partial charge on any atom is 0.434 e. The third-order valence-electron chi connectivity index (χ3n) is 6.68. The molecule has 0 amide bonds. The Balaban J connectivity index is 1.76. The van der Waals surface area contributed by atoms with Gasteiger partial charge in [0, 0.05) is 23.1 Å². The first kappa shape index (κ1) is 23.7. The number of aliphatic hydroxyl groups is 1. The monoisotopic (exact) mass is 497 g/mol. The van der Waals surface area contributed by atoms with Gasteiger partial charge in [0.15, 0.2) is 5.69 Å². The van der Waals surface area contributed by atoms with E-state index in [1.165, 1.54) is 6.07 Å². The number of fused-ring (bicyclic) bond motifs is 1. The average molecular weight is 498 g/mol. The van der Waals surface area contributed by atoms with Gasteiger partial charge in [0.05, 0.1) is 16.2 Å². The molecule has 1 fully saturated rings. The molecule has 0 aliphatic carbocycles. The predicted octanol–water partition coefficient (Wildman–Crippen LogP) is 6.20. The van der Waals surface area contributed by atoms with E-state index in [0.717, 1.165) is 25.9 Å². The molecule has 0 bridgehead atoms. The van der Waals surface area contributed by atoms with Gasteiger partial charge in [-0.3, -0.25) is 4.98 Å². The second-order valence-corrected chi connectivity index (χ2v) is 9.13. The van der Waals surface area contributed by atoms with Crippen LogP contribution in [-0.2, 0) is 11.8 Å². The van der Waals surface area contributed by atoms with Crippen LogP contribution < -0.4 is 5.32 Å². The predicted molar refractivity (Wildman–Crippen MR) is 130 cm³/mol. The van der Waals surface area contributed by atoms with Crippen molar-refractivity contribution < 1.29 is 18.3 Å². The minimum atomic E-state index is -4.69. The number of hydrogen-bond donors (Lipinski definition) is 2. The summed E-state index contributed by atoms with van der Waals surface area (Å²) in [6, 6.07) is 18.3. The van der Waals surface area contributed by atoms with Crippen LogP contribution in [0.2, 0.25) is 5.02 Å². The van der Waals surface area contributed by atoms with E-state index in [4.69, 9.17) is 11.6 Å². The van der Waals surface area contributed by atoms with Gasteiger partial charge in [-0.1, -0.05) is 54.1 Å². The first-order chi connectivity index (χ1) is 16.8. The van der Waals surface area contributed by atoms with Crippen LogP contribution in [0.25, 0.3) is 22.0 Å². The molecule has 1 atom stereocenters. The minimum absolute atomic E-state index is 0.0518. The van der Waals surface area contributed by atoms with Crippen LogP contribution in [0.15, 0.2) is 72.9 Å². The van der Waals surface area contributed by atoms with Gasteiger partial charge in [0.2, 0.25) is 0 Å². The number of alkyl halides is 3. The summed E-state index contributed by atoms with van der Waals surface area (Å²) in [4.78, 5) is 8.42. The van der Waals surface area contributed by atoms with E-state index in [9.17, 15) is 18.3 Å². The Bertz CT molecular complexity index is 1340. The van der Waals surface area contributed by atoms with Crippen molar-refractivity contribution in [1.82, 2.24) is 15.3 Å². The molecule has 4 nitrogen and oxygen atoms in total. The number of benzene rings is 2. The zero-order valence-corrected chi connectivity index (χ0v) is 19.4. The molecular formula is C27H23ClF3N3O. The maximum absolute atomic E-state index is 14.0. The van der Waals surface area contributed by atoms with E-state index in [2.05, 4.69) is 15.3 Å². The van der Waals surface area contributed by atoms with E-state index in [-0.39, 0.29) is 22.0 Å². The number of halogens is 4. The summed E-state index contributed by atoms with van der Waals surface area (Å²) in [5, 5.41) is 15.8. The second-order valence-electron chi connectivity index (χ2n) is 8.75. The highest BCUT2D eigenvalue weighted by molar-refractivity contribution is 6.38. The third-order valence-corrected chi connectivity index (χ3v) is 7.07. The fourth-order valence-electron chi connectivity index (χ4n) is 4.96. The molecule has 180 valence electrons. The lowest BCUT2D eigenvalue weighted by atomic mass is 9.74. The lowest BCUT2D eigenvalue weighted by Crippen LogP contribution is -2.43. The van der Waals surface area contributed by atoms with Crippen molar-refractivity contribution in [3.63, 3.8) is 0 Å². The van der Waals surface area contributed by atoms with Crippen LogP contribution in [0.3, 0.4) is 0 Å². The van der Waals surface area contributed by atoms with Gasteiger partial charge in [-0.2, -0.15) is 13.2 Å². The second kappa shape index (κ2) is 9.22. The van der Waals surface area contributed by atoms with Crippen molar-refractivity contribution >= 4 is 22.5 Å². The maximum atomic E-state index is 14.0. The fraction of sp³-hybridized carbons (Fsp3) is 0.259. The first-order valence-corrected chi connectivity index (χ1v) is 11.8. The number of nitrogens with zero attached hydrogens (tertiary/aromatic N) is 2. The summed E-state index contributed by atoms with van der Waals surface area (Å²) < 4.78 is 42.0. The molecule has 1 aliphatic heterocycles. The van der Waals surface area contributed by atoms with Crippen molar-refractivity contribution in [2.45, 2.75) is 24.6 Å². The van der Waals surface area contributed by atoms with Crippen LogP contribution in [0, 0.1) is 5.92 Å². The molecule has 1 unspecified atom stereocenters. The van der Waals surface area contributed by atoms with Gasteiger partial charge in [-0.05, 0) is 61.3 Å². The smallest absolute Gasteiger partial charge is 0.378 e. The standard InChI is InChI=1S/C27H23ClF3N3O/c28-24-20-16-19(26(35,18-11-14-32-15-12-18)22-8-4-5-13-33-22)9-10-21(20)34-25(27(29,30)31)23(24)17-6-2-1-3-7-17/h1-10,13,16,18,32,35H,11-12,14-15H2. The Labute approximate surface area is 205 Å².